The van der Waals surface area contributed by atoms with Crippen LogP contribution in [0.15, 0.2) is 40.9 Å². The number of likely N-dealkylation sites (N-methyl/N-ethyl adjacent to an activating group) is 1. The first kappa shape index (κ1) is 20.6. The Kier molecular flexibility index (Phi) is 6.00. The third kappa shape index (κ3) is 4.00. The molecule has 1 unspecified atom stereocenters. The number of nitrogens with zero attached hydrogens (tertiary/aromatic N) is 3. The average Bonchev–Trinajstić information content (AvgIpc) is 2.59. The van der Waals surface area contributed by atoms with Gasteiger partial charge < -0.3 is 25.6 Å². The number of hydrogen-bond acceptors (Lipinski definition) is 7. The van der Waals surface area contributed by atoms with E-state index in [4.69, 9.17) is 10.5 Å². The van der Waals surface area contributed by atoms with Crippen molar-refractivity contribution in [2.75, 3.05) is 20.7 Å². The third-order valence-corrected chi connectivity index (χ3v) is 4.83. The van der Waals surface area contributed by atoms with Crippen molar-refractivity contribution in [2.45, 2.75) is 38.9 Å². The van der Waals surface area contributed by atoms with E-state index in [9.17, 15) is 15.0 Å². The highest BCUT2D eigenvalue weighted by Crippen LogP contribution is 2.30. The van der Waals surface area contributed by atoms with Crippen molar-refractivity contribution in [3.63, 3.8) is 0 Å². The Labute approximate surface area is 159 Å². The summed E-state index contributed by atoms with van der Waals surface area (Å²) < 4.78 is 5.67. The molecule has 2 rings (SSSR count). The molecule has 0 saturated heterocycles. The first-order chi connectivity index (χ1) is 12.6. The summed E-state index contributed by atoms with van der Waals surface area (Å²) in [5, 5.41) is 20.4. The molecule has 1 aliphatic rings. The molecule has 1 aliphatic heterocycles. The van der Waals surface area contributed by atoms with Gasteiger partial charge in [-0.25, -0.2) is 0 Å². The third-order valence-electron chi connectivity index (χ3n) is 4.83. The molecule has 148 valence electrons. The number of carbonyl (C=O) groups excluding carboxylic acids is 1. The molecule has 1 heterocycles. The number of aliphatic hydroxyl groups excluding tert-OH is 2. The van der Waals surface area contributed by atoms with E-state index in [1.165, 1.54) is 0 Å². The van der Waals surface area contributed by atoms with Crippen LogP contribution >= 0.6 is 0 Å². The minimum absolute atomic E-state index is 0.219. The predicted octanol–water partition coefficient (Wildman–Crippen LogP) is 1.78. The van der Waals surface area contributed by atoms with Gasteiger partial charge in [-0.2, -0.15) is 4.99 Å². The Morgan fingerprint density at radius 3 is 2.52 bits per heavy atom. The van der Waals surface area contributed by atoms with Crippen LogP contribution in [0, 0.1) is 0 Å². The highest BCUT2D eigenvalue weighted by atomic mass is 16.5. The maximum absolute atomic E-state index is 12.1. The van der Waals surface area contributed by atoms with Gasteiger partial charge in [0.15, 0.2) is 11.8 Å². The number of nitrogens with two attached hydrogens (primary N) is 1. The fourth-order valence-corrected chi connectivity index (χ4v) is 2.87. The van der Waals surface area contributed by atoms with Crippen LogP contribution < -0.4 is 10.5 Å². The van der Waals surface area contributed by atoms with Gasteiger partial charge in [-0.15, -0.1) is 0 Å². The van der Waals surface area contributed by atoms with Gasteiger partial charge in [-0.3, -0.25) is 9.69 Å². The molecule has 0 fully saturated rings. The number of rotatable bonds is 7. The van der Waals surface area contributed by atoms with E-state index < -0.39 is 29.1 Å². The molecule has 0 bridgehead atoms. The lowest BCUT2D eigenvalue weighted by Crippen LogP contribution is -2.60. The molecular formula is C19H28N4O4. The van der Waals surface area contributed by atoms with Crippen LogP contribution in [0.1, 0.15) is 26.3 Å². The van der Waals surface area contributed by atoms with Gasteiger partial charge >= 0.3 is 0 Å². The molecule has 0 aliphatic carbocycles. The number of benzene rings is 1. The minimum Gasteiger partial charge on any atom is -0.505 e. The summed E-state index contributed by atoms with van der Waals surface area (Å²) >= 11 is 0. The second-order valence-corrected chi connectivity index (χ2v) is 7.07. The minimum atomic E-state index is -1.23. The second kappa shape index (κ2) is 7.87. The number of amidine groups is 1. The molecule has 4 N–H and O–H groups in total. The number of amides is 1. The number of aliphatic hydroxyl groups is 2. The number of aliphatic imine (C=N–C) groups is 1. The number of primary amides is 1. The molecule has 1 aromatic carbocycles. The highest BCUT2D eigenvalue weighted by Gasteiger charge is 2.43. The first-order valence-corrected chi connectivity index (χ1v) is 8.76. The van der Waals surface area contributed by atoms with Crippen LogP contribution in [0.3, 0.4) is 0 Å². The maximum atomic E-state index is 12.1. The Morgan fingerprint density at radius 2 is 1.96 bits per heavy atom. The molecule has 1 aromatic rings. The fourth-order valence-electron chi connectivity index (χ4n) is 2.87. The van der Waals surface area contributed by atoms with Gasteiger partial charge in [0.1, 0.15) is 11.6 Å². The van der Waals surface area contributed by atoms with Crippen molar-refractivity contribution in [1.82, 2.24) is 9.80 Å². The van der Waals surface area contributed by atoms with Crippen LogP contribution in [-0.4, -0.2) is 64.0 Å². The molecule has 8 heteroatoms. The van der Waals surface area contributed by atoms with Crippen molar-refractivity contribution >= 4 is 11.7 Å². The second-order valence-electron chi connectivity index (χ2n) is 7.07. The topological polar surface area (TPSA) is 112 Å². The summed E-state index contributed by atoms with van der Waals surface area (Å²) in [6.07, 6.45) is 0. The zero-order valence-electron chi connectivity index (χ0n) is 16.4. The molecule has 1 atom stereocenters. The highest BCUT2D eigenvalue weighted by molar-refractivity contribution is 5.97. The van der Waals surface area contributed by atoms with Crippen LogP contribution in [0.25, 0.3) is 0 Å². The summed E-state index contributed by atoms with van der Waals surface area (Å²) in [4.78, 5) is 19.8. The molecule has 0 spiro atoms. The molecule has 0 aromatic heterocycles. The molecular weight excluding hydrogens is 348 g/mol. The van der Waals surface area contributed by atoms with Gasteiger partial charge in [0, 0.05) is 12.1 Å². The summed E-state index contributed by atoms with van der Waals surface area (Å²) in [5.74, 6) is -0.857. The zero-order chi connectivity index (χ0) is 20.4. The summed E-state index contributed by atoms with van der Waals surface area (Å²) in [7, 11) is 3.73. The Balaban J connectivity index is 2.57. The number of carbonyl (C=O) groups is 1. The Morgan fingerprint density at radius 1 is 1.33 bits per heavy atom. The monoisotopic (exact) mass is 376 g/mol. The Bertz CT molecular complexity index is 771. The SMILES string of the molecule is CCOc1ccccc1CN1C(C(C)(C)N(C)C)=NC(O)=C(O)C1C(N)=O. The summed E-state index contributed by atoms with van der Waals surface area (Å²) in [5.41, 5.74) is 5.71. The summed E-state index contributed by atoms with van der Waals surface area (Å²) in [6, 6.07) is 6.20. The van der Waals surface area contributed by atoms with E-state index in [1.54, 1.807) is 4.90 Å². The van der Waals surface area contributed by atoms with E-state index in [0.717, 1.165) is 5.56 Å². The quantitative estimate of drug-likeness (QED) is 0.669. The first-order valence-electron chi connectivity index (χ1n) is 8.76. The molecule has 0 radical (unpaired) electrons. The molecule has 1 amide bonds. The molecule has 0 saturated carbocycles. The largest absolute Gasteiger partial charge is 0.505 e. The predicted molar refractivity (Wildman–Crippen MR) is 104 cm³/mol. The van der Waals surface area contributed by atoms with Crippen LogP contribution in [0.2, 0.25) is 0 Å². The van der Waals surface area contributed by atoms with E-state index >= 15 is 0 Å². The maximum Gasteiger partial charge on any atom is 0.254 e. The van der Waals surface area contributed by atoms with Crippen LogP contribution in [0.5, 0.6) is 5.75 Å². The molecule has 27 heavy (non-hydrogen) atoms. The van der Waals surface area contributed by atoms with Crippen molar-refractivity contribution in [3.8, 4) is 5.75 Å². The lowest BCUT2D eigenvalue weighted by molar-refractivity contribution is -0.122. The standard InChI is InChI=1S/C19H28N4O4/c1-6-27-13-10-8-7-9-12(13)11-23-14(16(20)25)15(24)17(26)21-18(23)19(2,3)22(4)5/h7-10,14,24,26H,6,11H2,1-5H3,(H2,20,25). The van der Waals surface area contributed by atoms with Crippen molar-refractivity contribution in [2.24, 2.45) is 10.7 Å². The van der Waals surface area contributed by atoms with Crippen molar-refractivity contribution in [1.29, 1.82) is 0 Å². The smallest absolute Gasteiger partial charge is 0.254 e. The lowest BCUT2D eigenvalue weighted by Gasteiger charge is -2.44. The van der Waals surface area contributed by atoms with E-state index in [0.29, 0.717) is 18.2 Å². The fraction of sp³-hybridized carbons (Fsp3) is 0.474. The average molecular weight is 376 g/mol. The van der Waals surface area contributed by atoms with Gasteiger partial charge in [-0.1, -0.05) is 18.2 Å². The van der Waals surface area contributed by atoms with Gasteiger partial charge in [0.2, 0.25) is 5.91 Å². The van der Waals surface area contributed by atoms with Gasteiger partial charge in [0.05, 0.1) is 12.1 Å². The lowest BCUT2D eigenvalue weighted by atomic mass is 9.96. The summed E-state index contributed by atoms with van der Waals surface area (Å²) in [6.45, 7) is 6.41. The van der Waals surface area contributed by atoms with Crippen molar-refractivity contribution < 1.29 is 19.7 Å². The van der Waals surface area contributed by atoms with Gasteiger partial charge in [0.25, 0.3) is 5.88 Å². The Hall–Kier alpha value is -2.74. The normalized spacial score (nSPS) is 17.9. The molecule has 8 nitrogen and oxygen atoms in total. The van der Waals surface area contributed by atoms with E-state index in [-0.39, 0.29) is 6.54 Å². The number of ether oxygens (including phenoxy) is 1. The van der Waals surface area contributed by atoms with Crippen LogP contribution in [0.4, 0.5) is 0 Å². The van der Waals surface area contributed by atoms with Gasteiger partial charge in [-0.05, 0) is 40.9 Å². The number of para-hydroxylation sites is 1. The van der Waals surface area contributed by atoms with E-state index in [1.807, 2.05) is 64.0 Å². The van der Waals surface area contributed by atoms with Crippen LogP contribution in [-0.2, 0) is 11.3 Å². The number of hydrogen-bond donors (Lipinski definition) is 3. The van der Waals surface area contributed by atoms with E-state index in [2.05, 4.69) is 4.99 Å². The van der Waals surface area contributed by atoms with Crippen molar-refractivity contribution in [3.05, 3.63) is 41.5 Å². The zero-order valence-corrected chi connectivity index (χ0v) is 16.4.